The second kappa shape index (κ2) is 7.58. The van der Waals surface area contributed by atoms with E-state index in [4.69, 9.17) is 9.47 Å². The number of ether oxygens (including phenoxy) is 2. The molecule has 2 aliphatic rings. The van der Waals surface area contributed by atoms with E-state index in [1.807, 2.05) is 0 Å². The van der Waals surface area contributed by atoms with Gasteiger partial charge in [-0.25, -0.2) is 0 Å². The SMILES string of the molecule is CCCNCC1(CN2CCOC(CC)C2)CCOC1. The fraction of sp³-hybridized carbons (Fsp3) is 1.00. The van der Waals surface area contributed by atoms with Crippen LogP contribution >= 0.6 is 0 Å². The first-order valence-electron chi connectivity index (χ1n) is 7.90. The van der Waals surface area contributed by atoms with Gasteiger partial charge in [0.25, 0.3) is 0 Å². The zero-order chi connectivity index (χ0) is 13.6. The Morgan fingerprint density at radius 3 is 2.89 bits per heavy atom. The lowest BCUT2D eigenvalue weighted by Crippen LogP contribution is -2.50. The maximum absolute atomic E-state index is 5.76. The van der Waals surface area contributed by atoms with E-state index in [-0.39, 0.29) is 0 Å². The molecule has 2 atom stereocenters. The molecular formula is C15H30N2O2. The van der Waals surface area contributed by atoms with Crippen molar-refractivity contribution in [1.82, 2.24) is 10.2 Å². The number of hydrogen-bond donors (Lipinski definition) is 1. The molecule has 112 valence electrons. The molecular weight excluding hydrogens is 240 g/mol. The maximum atomic E-state index is 5.76. The first-order valence-corrected chi connectivity index (χ1v) is 7.90. The van der Waals surface area contributed by atoms with E-state index >= 15 is 0 Å². The molecule has 0 saturated carbocycles. The molecule has 2 fully saturated rings. The summed E-state index contributed by atoms with van der Waals surface area (Å²) in [5.74, 6) is 0. The summed E-state index contributed by atoms with van der Waals surface area (Å²) in [4.78, 5) is 2.58. The summed E-state index contributed by atoms with van der Waals surface area (Å²) in [5, 5.41) is 3.59. The third kappa shape index (κ3) is 4.42. The van der Waals surface area contributed by atoms with Crippen LogP contribution in [0.3, 0.4) is 0 Å². The predicted octanol–water partition coefficient (Wildman–Crippen LogP) is 1.50. The minimum atomic E-state index is 0.324. The molecule has 2 saturated heterocycles. The van der Waals surface area contributed by atoms with E-state index < -0.39 is 0 Å². The van der Waals surface area contributed by atoms with Crippen molar-refractivity contribution in [3.8, 4) is 0 Å². The molecule has 4 heteroatoms. The Morgan fingerprint density at radius 1 is 1.32 bits per heavy atom. The average molecular weight is 270 g/mol. The third-order valence-electron chi connectivity index (χ3n) is 4.35. The summed E-state index contributed by atoms with van der Waals surface area (Å²) in [5.41, 5.74) is 0.324. The minimum absolute atomic E-state index is 0.324. The van der Waals surface area contributed by atoms with Crippen LogP contribution < -0.4 is 5.32 Å². The highest BCUT2D eigenvalue weighted by molar-refractivity contribution is 4.89. The number of nitrogens with zero attached hydrogens (tertiary/aromatic N) is 1. The monoisotopic (exact) mass is 270 g/mol. The average Bonchev–Trinajstić information content (AvgIpc) is 2.88. The van der Waals surface area contributed by atoms with Crippen molar-refractivity contribution >= 4 is 0 Å². The van der Waals surface area contributed by atoms with Crippen molar-refractivity contribution in [1.29, 1.82) is 0 Å². The van der Waals surface area contributed by atoms with E-state index in [0.717, 1.165) is 59.0 Å². The normalized spacial score (nSPS) is 32.8. The van der Waals surface area contributed by atoms with E-state index in [1.165, 1.54) is 12.8 Å². The molecule has 2 unspecified atom stereocenters. The molecule has 0 aliphatic carbocycles. The highest BCUT2D eigenvalue weighted by Crippen LogP contribution is 2.30. The summed E-state index contributed by atoms with van der Waals surface area (Å²) in [6.07, 6.45) is 3.94. The summed E-state index contributed by atoms with van der Waals surface area (Å²) in [6, 6.07) is 0. The van der Waals surface area contributed by atoms with Gasteiger partial charge in [-0.05, 0) is 25.8 Å². The lowest BCUT2D eigenvalue weighted by Gasteiger charge is -2.39. The Morgan fingerprint density at radius 2 is 2.21 bits per heavy atom. The second-order valence-corrected chi connectivity index (χ2v) is 6.12. The topological polar surface area (TPSA) is 33.7 Å². The summed E-state index contributed by atoms with van der Waals surface area (Å²) in [6.45, 7) is 12.7. The van der Waals surface area contributed by atoms with E-state index in [1.54, 1.807) is 0 Å². The Balaban J connectivity index is 1.85. The van der Waals surface area contributed by atoms with Crippen LogP contribution in [0.4, 0.5) is 0 Å². The van der Waals surface area contributed by atoms with Gasteiger partial charge in [-0.1, -0.05) is 13.8 Å². The molecule has 4 nitrogen and oxygen atoms in total. The van der Waals surface area contributed by atoms with E-state index in [2.05, 4.69) is 24.1 Å². The Hall–Kier alpha value is -0.160. The Bertz CT molecular complexity index is 255. The molecule has 0 aromatic rings. The molecule has 19 heavy (non-hydrogen) atoms. The van der Waals surface area contributed by atoms with Crippen molar-refractivity contribution in [3.63, 3.8) is 0 Å². The van der Waals surface area contributed by atoms with Crippen LogP contribution in [0.1, 0.15) is 33.1 Å². The van der Waals surface area contributed by atoms with Crippen molar-refractivity contribution < 1.29 is 9.47 Å². The van der Waals surface area contributed by atoms with Crippen molar-refractivity contribution in [2.75, 3.05) is 52.5 Å². The first-order chi connectivity index (χ1) is 9.28. The zero-order valence-corrected chi connectivity index (χ0v) is 12.6. The fourth-order valence-electron chi connectivity index (χ4n) is 3.15. The number of morpholine rings is 1. The molecule has 0 aromatic heterocycles. The van der Waals surface area contributed by atoms with E-state index in [0.29, 0.717) is 11.5 Å². The zero-order valence-electron chi connectivity index (χ0n) is 12.6. The summed E-state index contributed by atoms with van der Waals surface area (Å²) < 4.78 is 11.5. The third-order valence-corrected chi connectivity index (χ3v) is 4.35. The quantitative estimate of drug-likeness (QED) is 0.711. The van der Waals surface area contributed by atoms with Gasteiger partial charge in [-0.15, -0.1) is 0 Å². The van der Waals surface area contributed by atoms with Crippen LogP contribution in [0.15, 0.2) is 0 Å². The van der Waals surface area contributed by atoms with Gasteiger partial charge in [0.15, 0.2) is 0 Å². The standard InChI is InChI=1S/C15H30N2O2/c1-3-6-16-11-15(5-8-18-13-15)12-17-7-9-19-14(4-2)10-17/h14,16H,3-13H2,1-2H3. The fourth-order valence-corrected chi connectivity index (χ4v) is 3.15. The summed E-state index contributed by atoms with van der Waals surface area (Å²) >= 11 is 0. The van der Waals surface area contributed by atoms with Crippen molar-refractivity contribution in [3.05, 3.63) is 0 Å². The highest BCUT2D eigenvalue weighted by Gasteiger charge is 2.37. The molecule has 2 heterocycles. The molecule has 2 rings (SSSR count). The van der Waals surface area contributed by atoms with Crippen LogP contribution in [0.2, 0.25) is 0 Å². The molecule has 2 aliphatic heterocycles. The smallest absolute Gasteiger partial charge is 0.0700 e. The van der Waals surface area contributed by atoms with Gasteiger partial charge in [0.05, 0.1) is 19.3 Å². The molecule has 0 bridgehead atoms. The minimum Gasteiger partial charge on any atom is -0.381 e. The molecule has 0 radical (unpaired) electrons. The molecule has 1 N–H and O–H groups in total. The molecule has 0 aromatic carbocycles. The maximum Gasteiger partial charge on any atom is 0.0700 e. The number of hydrogen-bond acceptors (Lipinski definition) is 4. The lowest BCUT2D eigenvalue weighted by atomic mass is 9.86. The number of rotatable bonds is 7. The lowest BCUT2D eigenvalue weighted by molar-refractivity contribution is -0.0431. The van der Waals surface area contributed by atoms with Crippen molar-refractivity contribution in [2.24, 2.45) is 5.41 Å². The van der Waals surface area contributed by atoms with Crippen LogP contribution in [0, 0.1) is 5.41 Å². The first kappa shape index (κ1) is 15.2. The van der Waals surface area contributed by atoms with Crippen LogP contribution in [0.5, 0.6) is 0 Å². The molecule has 0 spiro atoms. The second-order valence-electron chi connectivity index (χ2n) is 6.12. The Labute approximate surface area is 117 Å². The van der Waals surface area contributed by atoms with Gasteiger partial charge < -0.3 is 14.8 Å². The van der Waals surface area contributed by atoms with Crippen molar-refractivity contribution in [2.45, 2.75) is 39.2 Å². The Kier molecular flexibility index (Phi) is 6.07. The van der Waals surface area contributed by atoms with Crippen LogP contribution in [0.25, 0.3) is 0 Å². The van der Waals surface area contributed by atoms with Gasteiger partial charge in [0.1, 0.15) is 0 Å². The predicted molar refractivity (Wildman–Crippen MR) is 77.5 cm³/mol. The van der Waals surface area contributed by atoms with Gasteiger partial charge >= 0.3 is 0 Å². The van der Waals surface area contributed by atoms with Crippen LogP contribution in [-0.4, -0.2) is 63.5 Å². The van der Waals surface area contributed by atoms with E-state index in [9.17, 15) is 0 Å². The van der Waals surface area contributed by atoms with Gasteiger partial charge in [0, 0.05) is 38.2 Å². The summed E-state index contributed by atoms with van der Waals surface area (Å²) in [7, 11) is 0. The highest BCUT2D eigenvalue weighted by atomic mass is 16.5. The number of nitrogens with one attached hydrogen (secondary N) is 1. The van der Waals surface area contributed by atoms with Gasteiger partial charge in [-0.2, -0.15) is 0 Å². The largest absolute Gasteiger partial charge is 0.381 e. The van der Waals surface area contributed by atoms with Gasteiger partial charge in [-0.3, -0.25) is 4.90 Å². The van der Waals surface area contributed by atoms with Crippen LogP contribution in [-0.2, 0) is 9.47 Å². The van der Waals surface area contributed by atoms with Gasteiger partial charge in [0.2, 0.25) is 0 Å². The molecule has 0 amide bonds.